The van der Waals surface area contributed by atoms with Crippen LogP contribution in [0.4, 0.5) is 0 Å². The van der Waals surface area contributed by atoms with E-state index in [0.29, 0.717) is 24.4 Å². The summed E-state index contributed by atoms with van der Waals surface area (Å²) >= 11 is 0. The Balaban J connectivity index is 1.52. The summed E-state index contributed by atoms with van der Waals surface area (Å²) in [6, 6.07) is 17.8. The summed E-state index contributed by atoms with van der Waals surface area (Å²) < 4.78 is 10.8. The number of esters is 1. The molecule has 2 amide bonds. The molecule has 1 fully saturated rings. The first-order valence-electron chi connectivity index (χ1n) is 9.61. The van der Waals surface area contributed by atoms with Crippen LogP contribution in [0.1, 0.15) is 24.5 Å². The Morgan fingerprint density at radius 3 is 2.21 bits per heavy atom. The number of para-hydroxylation sites is 1. The Hall–Kier alpha value is -3.35. The molecule has 152 valence electrons. The maximum absolute atomic E-state index is 12.8. The first-order valence-corrected chi connectivity index (χ1v) is 9.61. The Kier molecular flexibility index (Phi) is 7.22. The van der Waals surface area contributed by atoms with E-state index in [1.807, 2.05) is 12.1 Å². The smallest absolute Gasteiger partial charge is 0.326 e. The van der Waals surface area contributed by atoms with Gasteiger partial charge in [0.1, 0.15) is 12.3 Å². The maximum Gasteiger partial charge on any atom is 0.326 e. The normalized spacial score (nSPS) is 14.1. The molecule has 1 atom stereocenters. The molecule has 0 unspecified atom stereocenters. The molecule has 1 N–H and O–H groups in total. The molecule has 29 heavy (non-hydrogen) atoms. The summed E-state index contributed by atoms with van der Waals surface area (Å²) in [6.07, 6.45) is 0.872. The van der Waals surface area contributed by atoms with Gasteiger partial charge in [-0.05, 0) is 25.0 Å². The monoisotopic (exact) mass is 396 g/mol. The van der Waals surface area contributed by atoms with Gasteiger partial charge in [0.25, 0.3) is 11.8 Å². The number of nitrogens with zero attached hydrogens (tertiary/aromatic N) is 1. The van der Waals surface area contributed by atoms with Crippen molar-refractivity contribution in [3.63, 3.8) is 0 Å². The van der Waals surface area contributed by atoms with Gasteiger partial charge in [0.15, 0.2) is 6.61 Å². The molecule has 0 spiro atoms. The predicted octanol–water partition coefficient (Wildman–Crippen LogP) is 2.09. The van der Waals surface area contributed by atoms with Crippen LogP contribution in [0.15, 0.2) is 60.7 Å². The zero-order valence-corrected chi connectivity index (χ0v) is 16.1. The molecule has 7 nitrogen and oxygen atoms in total. The maximum atomic E-state index is 12.8. The number of ether oxygens (including phenoxy) is 2. The van der Waals surface area contributed by atoms with Gasteiger partial charge in [-0.1, -0.05) is 48.5 Å². The van der Waals surface area contributed by atoms with Crippen molar-refractivity contribution in [3.05, 3.63) is 66.2 Å². The molecule has 0 aliphatic carbocycles. The third kappa shape index (κ3) is 6.07. The van der Waals surface area contributed by atoms with E-state index in [1.165, 1.54) is 0 Å². The van der Waals surface area contributed by atoms with Gasteiger partial charge in [-0.15, -0.1) is 0 Å². The second kappa shape index (κ2) is 10.3. The summed E-state index contributed by atoms with van der Waals surface area (Å²) in [5.41, 5.74) is 0.608. The molecule has 1 saturated heterocycles. The molecule has 0 bridgehead atoms. The van der Waals surface area contributed by atoms with Gasteiger partial charge < -0.3 is 19.7 Å². The highest BCUT2D eigenvalue weighted by Gasteiger charge is 2.30. The van der Waals surface area contributed by atoms with Crippen LogP contribution >= 0.6 is 0 Å². The quantitative estimate of drug-likeness (QED) is 0.691. The summed E-state index contributed by atoms with van der Waals surface area (Å²) in [7, 11) is 0. The summed E-state index contributed by atoms with van der Waals surface area (Å²) in [6.45, 7) is 0.764. The van der Waals surface area contributed by atoms with Crippen LogP contribution in [0, 0.1) is 0 Å². The van der Waals surface area contributed by atoms with Crippen molar-refractivity contribution in [2.45, 2.75) is 18.9 Å². The average molecular weight is 396 g/mol. The largest absolute Gasteiger partial charge is 0.484 e. The number of likely N-dealkylation sites (tertiary alicyclic amines) is 1. The lowest BCUT2D eigenvalue weighted by Gasteiger charge is -2.23. The molecule has 2 aromatic carbocycles. The molecule has 0 saturated carbocycles. The minimum Gasteiger partial charge on any atom is -0.484 e. The molecule has 1 aliphatic rings. The van der Waals surface area contributed by atoms with Crippen molar-refractivity contribution in [3.8, 4) is 5.75 Å². The fraction of sp³-hybridized carbons (Fsp3) is 0.318. The zero-order chi connectivity index (χ0) is 20.5. The van der Waals surface area contributed by atoms with E-state index in [0.717, 1.165) is 12.8 Å². The van der Waals surface area contributed by atoms with Gasteiger partial charge in [0.05, 0.1) is 0 Å². The first-order chi connectivity index (χ1) is 14.1. The Morgan fingerprint density at radius 2 is 1.55 bits per heavy atom. The van der Waals surface area contributed by atoms with Crippen LogP contribution in [0.25, 0.3) is 0 Å². The summed E-state index contributed by atoms with van der Waals surface area (Å²) in [4.78, 5) is 38.7. The number of amides is 2. The topological polar surface area (TPSA) is 84.9 Å². The predicted molar refractivity (Wildman–Crippen MR) is 106 cm³/mol. The molecule has 1 aliphatic heterocycles. The van der Waals surface area contributed by atoms with Crippen LogP contribution in [0.2, 0.25) is 0 Å². The van der Waals surface area contributed by atoms with Gasteiger partial charge in [0, 0.05) is 18.7 Å². The Morgan fingerprint density at radius 1 is 0.931 bits per heavy atom. The second-order valence-corrected chi connectivity index (χ2v) is 6.69. The van der Waals surface area contributed by atoms with Crippen LogP contribution in [0.5, 0.6) is 5.75 Å². The van der Waals surface area contributed by atoms with E-state index in [1.54, 1.807) is 53.4 Å². The number of hydrogen-bond acceptors (Lipinski definition) is 5. The molecule has 2 aromatic rings. The fourth-order valence-electron chi connectivity index (χ4n) is 3.05. The van der Waals surface area contributed by atoms with Gasteiger partial charge in [-0.3, -0.25) is 14.4 Å². The van der Waals surface area contributed by atoms with Crippen molar-refractivity contribution >= 4 is 17.8 Å². The number of rotatable bonds is 8. The van der Waals surface area contributed by atoms with Gasteiger partial charge in [-0.25, -0.2) is 0 Å². The standard InChI is InChI=1S/C22H24N2O5/c25-19(16-28-18-11-5-2-6-12-18)23-15-20(26)29-21(17-9-3-1-4-10-17)22(27)24-13-7-8-14-24/h1-6,9-12,21H,7-8,13-16H2,(H,23,25)/t21-/m0/s1. The van der Waals surface area contributed by atoms with E-state index in [4.69, 9.17) is 9.47 Å². The highest BCUT2D eigenvalue weighted by atomic mass is 16.5. The van der Waals surface area contributed by atoms with Gasteiger partial charge in [0.2, 0.25) is 6.10 Å². The number of nitrogens with one attached hydrogen (secondary N) is 1. The highest BCUT2D eigenvalue weighted by Crippen LogP contribution is 2.22. The molecular weight excluding hydrogens is 372 g/mol. The minimum atomic E-state index is -1.01. The van der Waals surface area contributed by atoms with Gasteiger partial charge in [-0.2, -0.15) is 0 Å². The van der Waals surface area contributed by atoms with Crippen molar-refractivity contribution in [1.82, 2.24) is 10.2 Å². The Labute approximate surface area is 169 Å². The summed E-state index contributed by atoms with van der Waals surface area (Å²) in [5.74, 6) is -0.807. The SMILES string of the molecule is O=C(COc1ccccc1)NCC(=O)O[C@H](C(=O)N1CCCC1)c1ccccc1. The van der Waals surface area contributed by atoms with E-state index >= 15 is 0 Å². The van der Waals surface area contributed by atoms with E-state index in [2.05, 4.69) is 5.32 Å². The van der Waals surface area contributed by atoms with Crippen molar-refractivity contribution in [1.29, 1.82) is 0 Å². The van der Waals surface area contributed by atoms with Crippen molar-refractivity contribution < 1.29 is 23.9 Å². The highest BCUT2D eigenvalue weighted by molar-refractivity contribution is 5.87. The number of carbonyl (C=O) groups excluding carboxylic acids is 3. The molecule has 1 heterocycles. The zero-order valence-electron chi connectivity index (χ0n) is 16.1. The van der Waals surface area contributed by atoms with Crippen LogP contribution < -0.4 is 10.1 Å². The van der Waals surface area contributed by atoms with E-state index < -0.39 is 18.0 Å². The molecule has 7 heteroatoms. The lowest BCUT2D eigenvalue weighted by molar-refractivity contribution is -0.160. The third-order valence-corrected chi connectivity index (χ3v) is 4.54. The van der Waals surface area contributed by atoms with Crippen LogP contribution in [0.3, 0.4) is 0 Å². The number of hydrogen-bond donors (Lipinski definition) is 1. The van der Waals surface area contributed by atoms with Crippen molar-refractivity contribution in [2.24, 2.45) is 0 Å². The van der Waals surface area contributed by atoms with Crippen LogP contribution in [-0.4, -0.2) is 48.9 Å². The second-order valence-electron chi connectivity index (χ2n) is 6.69. The Bertz CT molecular complexity index is 820. The van der Waals surface area contributed by atoms with Crippen molar-refractivity contribution in [2.75, 3.05) is 26.2 Å². The molecular formula is C22H24N2O5. The lowest BCUT2D eigenvalue weighted by Crippen LogP contribution is -2.38. The first kappa shape index (κ1) is 20.4. The summed E-state index contributed by atoms with van der Waals surface area (Å²) in [5, 5.41) is 2.45. The minimum absolute atomic E-state index is 0.216. The van der Waals surface area contributed by atoms with Crippen LogP contribution in [-0.2, 0) is 19.1 Å². The third-order valence-electron chi connectivity index (χ3n) is 4.54. The average Bonchev–Trinajstić information content (AvgIpc) is 3.30. The molecule has 3 rings (SSSR count). The number of carbonyl (C=O) groups is 3. The van der Waals surface area contributed by atoms with Gasteiger partial charge >= 0.3 is 5.97 Å². The fourth-order valence-corrected chi connectivity index (χ4v) is 3.05. The molecule has 0 aromatic heterocycles. The lowest BCUT2D eigenvalue weighted by atomic mass is 10.1. The molecule has 0 radical (unpaired) electrons. The number of benzene rings is 2. The van der Waals surface area contributed by atoms with E-state index in [-0.39, 0.29) is 19.1 Å². The van der Waals surface area contributed by atoms with E-state index in [9.17, 15) is 14.4 Å².